The van der Waals surface area contributed by atoms with Gasteiger partial charge in [-0.05, 0) is 12.8 Å². The highest BCUT2D eigenvalue weighted by molar-refractivity contribution is 5.86. The van der Waals surface area contributed by atoms with Crippen LogP contribution in [0.25, 0.3) is 0 Å². The van der Waals surface area contributed by atoms with E-state index in [1.165, 1.54) is 4.90 Å². The van der Waals surface area contributed by atoms with E-state index in [1.807, 2.05) is 0 Å². The fourth-order valence-electron chi connectivity index (χ4n) is 1.33. The fourth-order valence-corrected chi connectivity index (χ4v) is 1.33. The number of aliphatic carboxylic acids is 1. The molecule has 0 aromatic heterocycles. The first-order valence-electron chi connectivity index (χ1n) is 5.71. The van der Waals surface area contributed by atoms with E-state index in [0.717, 1.165) is 0 Å². The molecule has 0 aliphatic rings. The lowest BCUT2D eigenvalue weighted by Gasteiger charge is -2.19. The van der Waals surface area contributed by atoms with Crippen molar-refractivity contribution in [2.45, 2.75) is 26.3 Å². The molecule has 0 heterocycles. The monoisotopic (exact) mass is 259 g/mol. The lowest BCUT2D eigenvalue weighted by molar-refractivity contribution is -0.138. The summed E-state index contributed by atoms with van der Waals surface area (Å²) in [6.45, 7) is 3.56. The Bertz CT molecular complexity index is 317. The predicted molar refractivity (Wildman–Crippen MR) is 66.1 cm³/mol. The van der Waals surface area contributed by atoms with Gasteiger partial charge in [0.15, 0.2) is 0 Å². The summed E-state index contributed by atoms with van der Waals surface area (Å²) in [5.41, 5.74) is 0. The maximum Gasteiger partial charge on any atom is 0.315 e. The van der Waals surface area contributed by atoms with Gasteiger partial charge >= 0.3 is 12.0 Å². The van der Waals surface area contributed by atoms with Gasteiger partial charge in [-0.2, -0.15) is 0 Å². The topological polar surface area (TPSA) is 98.7 Å². The molecule has 7 nitrogen and oxygen atoms in total. The molecule has 0 aliphatic heterocycles. The molecule has 3 amide bonds. The van der Waals surface area contributed by atoms with Crippen LogP contribution < -0.4 is 10.6 Å². The molecule has 0 aromatic carbocycles. The lowest BCUT2D eigenvalue weighted by Crippen LogP contribution is -2.48. The first-order chi connectivity index (χ1) is 8.23. The van der Waals surface area contributed by atoms with Crippen molar-refractivity contribution in [3.63, 3.8) is 0 Å². The van der Waals surface area contributed by atoms with Gasteiger partial charge in [0.2, 0.25) is 5.91 Å². The minimum absolute atomic E-state index is 0.00748. The summed E-state index contributed by atoms with van der Waals surface area (Å²) >= 11 is 0. The molecule has 0 aliphatic carbocycles. The molecule has 0 radical (unpaired) electrons. The molecule has 7 heteroatoms. The number of rotatable bonds is 6. The number of carbonyl (C=O) groups is 3. The van der Waals surface area contributed by atoms with Crippen LogP contribution in [0.15, 0.2) is 0 Å². The first-order valence-corrected chi connectivity index (χ1v) is 5.71. The Morgan fingerprint density at radius 2 is 1.78 bits per heavy atom. The second kappa shape index (κ2) is 7.52. The molecule has 2 atom stereocenters. The highest BCUT2D eigenvalue weighted by atomic mass is 16.4. The van der Waals surface area contributed by atoms with E-state index in [1.54, 1.807) is 27.9 Å². The van der Waals surface area contributed by atoms with Crippen LogP contribution in [0.4, 0.5) is 4.79 Å². The molecule has 0 aromatic rings. The molecule has 18 heavy (non-hydrogen) atoms. The summed E-state index contributed by atoms with van der Waals surface area (Å²) in [6.07, 6.45) is -0.00748. The normalized spacial score (nSPS) is 13.3. The molecule has 0 fully saturated rings. The Labute approximate surface area is 107 Å². The van der Waals surface area contributed by atoms with Gasteiger partial charge in [-0.15, -0.1) is 0 Å². The van der Waals surface area contributed by atoms with E-state index in [4.69, 9.17) is 5.11 Å². The fraction of sp³-hybridized carbons (Fsp3) is 0.727. The summed E-state index contributed by atoms with van der Waals surface area (Å²) in [5, 5.41) is 13.6. The van der Waals surface area contributed by atoms with E-state index in [0.29, 0.717) is 0 Å². The summed E-state index contributed by atoms with van der Waals surface area (Å²) < 4.78 is 0. The number of hydrogen-bond donors (Lipinski definition) is 3. The summed E-state index contributed by atoms with van der Waals surface area (Å²) in [4.78, 5) is 34.7. The standard InChI is InChI=1S/C11H21N3O4/c1-7(5-9(15)16)6-12-11(18)13-8(2)10(17)14(3)4/h7-8H,5-6H2,1-4H3,(H,15,16)(H2,12,13,18). The second-order valence-corrected chi connectivity index (χ2v) is 4.51. The van der Waals surface area contributed by atoms with Crippen molar-refractivity contribution in [1.29, 1.82) is 0 Å². The number of carbonyl (C=O) groups excluding carboxylic acids is 2. The van der Waals surface area contributed by atoms with Crippen molar-refractivity contribution in [2.24, 2.45) is 5.92 Å². The number of likely N-dealkylation sites (N-methyl/N-ethyl adjacent to an activating group) is 1. The number of carboxylic acid groups (broad SMARTS) is 1. The van der Waals surface area contributed by atoms with Crippen LogP contribution >= 0.6 is 0 Å². The molecule has 0 rings (SSSR count). The van der Waals surface area contributed by atoms with Crippen molar-refractivity contribution in [2.75, 3.05) is 20.6 Å². The van der Waals surface area contributed by atoms with Crippen molar-refractivity contribution >= 4 is 17.9 Å². The van der Waals surface area contributed by atoms with Crippen LogP contribution in [0, 0.1) is 5.92 Å². The van der Waals surface area contributed by atoms with Crippen molar-refractivity contribution in [3.05, 3.63) is 0 Å². The second-order valence-electron chi connectivity index (χ2n) is 4.51. The van der Waals surface area contributed by atoms with E-state index >= 15 is 0 Å². The number of hydrogen-bond acceptors (Lipinski definition) is 3. The van der Waals surface area contributed by atoms with Crippen LogP contribution in [0.5, 0.6) is 0 Å². The molecule has 0 spiro atoms. The molecule has 0 saturated heterocycles. The molecule has 2 unspecified atom stereocenters. The summed E-state index contributed by atoms with van der Waals surface area (Å²) in [7, 11) is 3.21. The van der Waals surface area contributed by atoms with Gasteiger partial charge in [0.05, 0.1) is 0 Å². The molecule has 0 bridgehead atoms. The summed E-state index contributed by atoms with van der Waals surface area (Å²) in [5.74, 6) is -1.27. The number of urea groups is 1. The van der Waals surface area contributed by atoms with Crippen molar-refractivity contribution < 1.29 is 19.5 Å². The minimum Gasteiger partial charge on any atom is -0.481 e. The van der Waals surface area contributed by atoms with E-state index < -0.39 is 18.0 Å². The van der Waals surface area contributed by atoms with Gasteiger partial charge in [-0.25, -0.2) is 4.79 Å². The molecular formula is C11H21N3O4. The average Bonchev–Trinajstić information content (AvgIpc) is 2.24. The van der Waals surface area contributed by atoms with Gasteiger partial charge in [0.25, 0.3) is 0 Å². The van der Waals surface area contributed by atoms with Gasteiger partial charge < -0.3 is 20.6 Å². The van der Waals surface area contributed by atoms with Crippen molar-refractivity contribution in [3.8, 4) is 0 Å². The zero-order chi connectivity index (χ0) is 14.3. The zero-order valence-corrected chi connectivity index (χ0v) is 11.2. The molecular weight excluding hydrogens is 238 g/mol. The van der Waals surface area contributed by atoms with Crippen LogP contribution in [0.2, 0.25) is 0 Å². The highest BCUT2D eigenvalue weighted by Gasteiger charge is 2.17. The van der Waals surface area contributed by atoms with Gasteiger partial charge in [0.1, 0.15) is 6.04 Å². The van der Waals surface area contributed by atoms with Crippen LogP contribution in [0.3, 0.4) is 0 Å². The highest BCUT2D eigenvalue weighted by Crippen LogP contribution is 1.99. The number of carboxylic acids is 1. The summed E-state index contributed by atoms with van der Waals surface area (Å²) in [6, 6.07) is -1.09. The zero-order valence-electron chi connectivity index (χ0n) is 11.2. The SMILES string of the molecule is CC(CNC(=O)NC(C)C(=O)N(C)C)CC(=O)O. The average molecular weight is 259 g/mol. The van der Waals surface area contributed by atoms with Crippen LogP contribution in [-0.4, -0.2) is 54.6 Å². The molecule has 0 saturated carbocycles. The quantitative estimate of drug-likeness (QED) is 0.619. The maximum atomic E-state index is 11.5. The number of nitrogens with one attached hydrogen (secondary N) is 2. The Hall–Kier alpha value is -1.79. The smallest absolute Gasteiger partial charge is 0.315 e. The van der Waals surface area contributed by atoms with Crippen LogP contribution in [-0.2, 0) is 9.59 Å². The predicted octanol–water partition coefficient (Wildman–Crippen LogP) is -0.127. The lowest BCUT2D eigenvalue weighted by atomic mass is 10.1. The van der Waals surface area contributed by atoms with Gasteiger partial charge in [0, 0.05) is 27.1 Å². The largest absolute Gasteiger partial charge is 0.481 e. The van der Waals surface area contributed by atoms with E-state index in [-0.39, 0.29) is 24.8 Å². The Kier molecular flexibility index (Phi) is 6.77. The third-order valence-electron chi connectivity index (χ3n) is 2.29. The minimum atomic E-state index is -0.902. The number of amides is 3. The van der Waals surface area contributed by atoms with Gasteiger partial charge in [-0.3, -0.25) is 9.59 Å². The first kappa shape index (κ1) is 16.2. The maximum absolute atomic E-state index is 11.5. The van der Waals surface area contributed by atoms with E-state index in [9.17, 15) is 14.4 Å². The third kappa shape index (κ3) is 6.72. The molecule has 104 valence electrons. The van der Waals surface area contributed by atoms with E-state index in [2.05, 4.69) is 10.6 Å². The van der Waals surface area contributed by atoms with Crippen LogP contribution in [0.1, 0.15) is 20.3 Å². The molecule has 3 N–H and O–H groups in total. The number of nitrogens with zero attached hydrogens (tertiary/aromatic N) is 1. The van der Waals surface area contributed by atoms with Crippen molar-refractivity contribution in [1.82, 2.24) is 15.5 Å². The Morgan fingerprint density at radius 3 is 2.22 bits per heavy atom. The van der Waals surface area contributed by atoms with Gasteiger partial charge in [-0.1, -0.05) is 6.92 Å². The Balaban J connectivity index is 3.98. The Morgan fingerprint density at radius 1 is 1.22 bits per heavy atom. The third-order valence-corrected chi connectivity index (χ3v) is 2.29.